The van der Waals surface area contributed by atoms with Crippen LogP contribution in [0.15, 0.2) is 0 Å². The second-order valence-electron chi connectivity index (χ2n) is 5.76. The largest absolute Gasteiger partial charge is 0.196 e. The summed E-state index contributed by atoms with van der Waals surface area (Å²) < 4.78 is 1.81. The minimum Gasteiger partial charge on any atom is -0.196 e. The van der Waals surface area contributed by atoms with Gasteiger partial charge in [-0.2, -0.15) is 9.61 Å². The Morgan fingerprint density at radius 2 is 1.57 bits per heavy atom. The number of halogens is 1. The van der Waals surface area contributed by atoms with Gasteiger partial charge in [-0.1, -0.05) is 57.0 Å². The first-order valence-corrected chi connectivity index (χ1v) is 8.40. The highest BCUT2D eigenvalue weighted by molar-refractivity contribution is 6.30. The van der Waals surface area contributed by atoms with E-state index in [0.717, 1.165) is 35.4 Å². The molecule has 0 radical (unpaired) electrons. The molecular formula is C16H25ClN4. The van der Waals surface area contributed by atoms with Gasteiger partial charge in [0.15, 0.2) is 16.6 Å². The molecule has 0 bridgehead atoms. The molecule has 2 rings (SSSR count). The summed E-state index contributed by atoms with van der Waals surface area (Å²) >= 11 is 6.17. The third kappa shape index (κ3) is 3.94. The zero-order valence-corrected chi connectivity index (χ0v) is 14.1. The maximum Gasteiger partial charge on any atom is 0.181 e. The van der Waals surface area contributed by atoms with Crippen LogP contribution in [0, 0.1) is 13.8 Å². The van der Waals surface area contributed by atoms with Crippen LogP contribution >= 0.6 is 11.6 Å². The van der Waals surface area contributed by atoms with E-state index in [0.29, 0.717) is 5.15 Å². The van der Waals surface area contributed by atoms with Crippen LogP contribution in [-0.2, 0) is 6.42 Å². The van der Waals surface area contributed by atoms with Gasteiger partial charge >= 0.3 is 0 Å². The third-order valence-corrected chi connectivity index (χ3v) is 4.46. The Balaban J connectivity index is 1.91. The minimum atomic E-state index is 0.542. The summed E-state index contributed by atoms with van der Waals surface area (Å²) in [5.74, 6) is 0.920. The Morgan fingerprint density at radius 1 is 0.905 bits per heavy atom. The fourth-order valence-electron chi connectivity index (χ4n) is 2.53. The van der Waals surface area contributed by atoms with Crippen molar-refractivity contribution in [3.8, 4) is 0 Å². The quantitative estimate of drug-likeness (QED) is 0.665. The smallest absolute Gasteiger partial charge is 0.181 e. The average Bonchev–Trinajstić information content (AvgIpc) is 2.87. The van der Waals surface area contributed by atoms with Crippen molar-refractivity contribution in [2.45, 2.75) is 72.1 Å². The SMILES string of the molecule is CCCCCCCCCc1nnc2c(C)c(C)c(Cl)nn12. The highest BCUT2D eigenvalue weighted by Crippen LogP contribution is 2.20. The topological polar surface area (TPSA) is 43.1 Å². The first-order valence-electron chi connectivity index (χ1n) is 8.02. The molecule has 0 N–H and O–H groups in total. The van der Waals surface area contributed by atoms with E-state index in [1.807, 2.05) is 18.4 Å². The van der Waals surface area contributed by atoms with Crippen molar-refractivity contribution in [1.82, 2.24) is 19.8 Å². The Morgan fingerprint density at radius 3 is 2.29 bits per heavy atom. The van der Waals surface area contributed by atoms with Crippen LogP contribution in [0.5, 0.6) is 0 Å². The lowest BCUT2D eigenvalue weighted by molar-refractivity contribution is 0.581. The molecule has 0 atom stereocenters. The van der Waals surface area contributed by atoms with Crippen molar-refractivity contribution in [2.75, 3.05) is 0 Å². The van der Waals surface area contributed by atoms with Gasteiger partial charge < -0.3 is 0 Å². The Bertz CT molecular complexity index is 591. The van der Waals surface area contributed by atoms with E-state index in [1.165, 1.54) is 38.5 Å². The van der Waals surface area contributed by atoms with Crippen molar-refractivity contribution in [2.24, 2.45) is 0 Å². The van der Waals surface area contributed by atoms with Gasteiger partial charge in [-0.15, -0.1) is 10.2 Å². The minimum absolute atomic E-state index is 0.542. The Hall–Kier alpha value is -1.16. The molecule has 0 saturated heterocycles. The van der Waals surface area contributed by atoms with Crippen molar-refractivity contribution < 1.29 is 0 Å². The zero-order chi connectivity index (χ0) is 15.2. The van der Waals surface area contributed by atoms with Gasteiger partial charge in [0.25, 0.3) is 0 Å². The lowest BCUT2D eigenvalue weighted by atomic mass is 10.1. The number of hydrogen-bond acceptors (Lipinski definition) is 3. The summed E-state index contributed by atoms with van der Waals surface area (Å²) in [5.41, 5.74) is 2.88. The van der Waals surface area contributed by atoms with E-state index in [2.05, 4.69) is 22.2 Å². The normalized spacial score (nSPS) is 11.4. The van der Waals surface area contributed by atoms with E-state index in [-0.39, 0.29) is 0 Å². The first-order chi connectivity index (χ1) is 10.1. The fourth-order valence-corrected chi connectivity index (χ4v) is 2.75. The van der Waals surface area contributed by atoms with Gasteiger partial charge in [-0.05, 0) is 25.8 Å². The van der Waals surface area contributed by atoms with Crippen LogP contribution in [-0.4, -0.2) is 19.8 Å². The van der Waals surface area contributed by atoms with Crippen LogP contribution < -0.4 is 0 Å². The molecule has 21 heavy (non-hydrogen) atoms. The van der Waals surface area contributed by atoms with Crippen molar-refractivity contribution in [1.29, 1.82) is 0 Å². The van der Waals surface area contributed by atoms with E-state index >= 15 is 0 Å². The fraction of sp³-hybridized carbons (Fsp3) is 0.688. The number of aryl methyl sites for hydroxylation is 2. The lowest BCUT2D eigenvalue weighted by Crippen LogP contribution is -2.02. The molecule has 0 amide bonds. The zero-order valence-electron chi connectivity index (χ0n) is 13.3. The van der Waals surface area contributed by atoms with Crippen molar-refractivity contribution in [3.05, 3.63) is 22.1 Å². The van der Waals surface area contributed by atoms with E-state index in [4.69, 9.17) is 11.6 Å². The van der Waals surface area contributed by atoms with Gasteiger partial charge in [0, 0.05) is 12.0 Å². The van der Waals surface area contributed by atoms with E-state index in [1.54, 1.807) is 0 Å². The Labute approximate surface area is 131 Å². The lowest BCUT2D eigenvalue weighted by Gasteiger charge is -2.05. The van der Waals surface area contributed by atoms with Crippen LogP contribution in [0.3, 0.4) is 0 Å². The predicted octanol–water partition coefficient (Wildman–Crippen LogP) is 4.69. The van der Waals surface area contributed by atoms with Gasteiger partial charge in [0.2, 0.25) is 0 Å². The van der Waals surface area contributed by atoms with Crippen LogP contribution in [0.2, 0.25) is 5.15 Å². The molecule has 0 fully saturated rings. The molecule has 2 heterocycles. The number of fused-ring (bicyclic) bond motifs is 1. The number of nitrogens with zero attached hydrogens (tertiary/aromatic N) is 4. The molecule has 0 unspecified atom stereocenters. The molecular weight excluding hydrogens is 284 g/mol. The molecule has 0 aromatic carbocycles. The van der Waals surface area contributed by atoms with Gasteiger partial charge in [0.1, 0.15) is 0 Å². The molecule has 2 aromatic heterocycles. The van der Waals surface area contributed by atoms with E-state index in [9.17, 15) is 0 Å². The highest BCUT2D eigenvalue weighted by atomic mass is 35.5. The number of unbranched alkanes of at least 4 members (excludes halogenated alkanes) is 6. The maximum atomic E-state index is 6.17. The number of rotatable bonds is 8. The molecule has 0 aliphatic heterocycles. The molecule has 0 saturated carbocycles. The molecule has 2 aromatic rings. The summed E-state index contributed by atoms with van der Waals surface area (Å²) in [4.78, 5) is 0. The molecule has 5 heteroatoms. The van der Waals surface area contributed by atoms with Crippen molar-refractivity contribution in [3.63, 3.8) is 0 Å². The first kappa shape index (κ1) is 16.2. The predicted molar refractivity (Wildman–Crippen MR) is 87.0 cm³/mol. The summed E-state index contributed by atoms with van der Waals surface area (Å²) in [6.45, 7) is 6.23. The summed E-state index contributed by atoms with van der Waals surface area (Å²) in [5, 5.41) is 13.5. The van der Waals surface area contributed by atoms with Crippen LogP contribution in [0.4, 0.5) is 0 Å². The highest BCUT2D eigenvalue weighted by Gasteiger charge is 2.13. The van der Waals surface area contributed by atoms with Gasteiger partial charge in [-0.3, -0.25) is 0 Å². The molecule has 116 valence electrons. The summed E-state index contributed by atoms with van der Waals surface area (Å²) in [6, 6.07) is 0. The van der Waals surface area contributed by atoms with Gasteiger partial charge in [0.05, 0.1) is 0 Å². The average molecular weight is 309 g/mol. The standard InChI is InChI=1S/C16H25ClN4/c1-4-5-6-7-8-9-10-11-14-18-19-16-13(3)12(2)15(17)20-21(14)16/h4-11H2,1-3H3. The van der Waals surface area contributed by atoms with E-state index < -0.39 is 0 Å². The molecule has 4 nitrogen and oxygen atoms in total. The molecule has 0 aliphatic carbocycles. The second kappa shape index (κ2) is 7.74. The van der Waals surface area contributed by atoms with Gasteiger partial charge in [-0.25, -0.2) is 0 Å². The number of hydrogen-bond donors (Lipinski definition) is 0. The molecule has 0 spiro atoms. The third-order valence-electron chi connectivity index (χ3n) is 4.10. The van der Waals surface area contributed by atoms with Crippen LogP contribution in [0.1, 0.15) is 68.8 Å². The monoisotopic (exact) mass is 308 g/mol. The molecule has 0 aliphatic rings. The number of aromatic nitrogens is 4. The summed E-state index contributed by atoms with van der Waals surface area (Å²) in [7, 11) is 0. The summed E-state index contributed by atoms with van der Waals surface area (Å²) in [6.07, 6.45) is 9.98. The second-order valence-corrected chi connectivity index (χ2v) is 6.12. The maximum absolute atomic E-state index is 6.17. The Kier molecular flexibility index (Phi) is 5.97. The van der Waals surface area contributed by atoms with Crippen molar-refractivity contribution >= 4 is 17.2 Å². The van der Waals surface area contributed by atoms with Crippen LogP contribution in [0.25, 0.3) is 5.65 Å².